The number of carbonyl (C=O) groups excluding carboxylic acids is 1. The van der Waals surface area contributed by atoms with Crippen LogP contribution in [-0.4, -0.2) is 65.9 Å². The summed E-state index contributed by atoms with van der Waals surface area (Å²) in [6.07, 6.45) is 3.27. The molecule has 106 valence electrons. The molecule has 1 N–H and O–H groups in total. The van der Waals surface area contributed by atoms with Gasteiger partial charge in [-0.15, -0.1) is 20.4 Å². The largest absolute Gasteiger partial charge is 0.366 e. The molecule has 0 aliphatic carbocycles. The van der Waals surface area contributed by atoms with Gasteiger partial charge >= 0.3 is 0 Å². The second kappa shape index (κ2) is 5.74. The number of ether oxygens (including phenoxy) is 1. The van der Waals surface area contributed by atoms with Crippen molar-refractivity contribution in [1.29, 1.82) is 0 Å². The van der Waals surface area contributed by atoms with Gasteiger partial charge in [-0.25, -0.2) is 0 Å². The number of hydrogen-bond donors (Lipinski definition) is 1. The number of H-pyrrole nitrogens is 1. The first-order valence-electron chi connectivity index (χ1n) is 6.28. The van der Waals surface area contributed by atoms with Gasteiger partial charge in [-0.05, 0) is 0 Å². The summed E-state index contributed by atoms with van der Waals surface area (Å²) in [4.78, 5) is 13.9. The van der Waals surface area contributed by atoms with Crippen LogP contribution < -0.4 is 0 Å². The second-order valence-electron chi connectivity index (χ2n) is 4.42. The summed E-state index contributed by atoms with van der Waals surface area (Å²) in [5, 5.41) is 21.1. The van der Waals surface area contributed by atoms with Gasteiger partial charge in [0.2, 0.25) is 11.7 Å². The van der Waals surface area contributed by atoms with Crippen molar-refractivity contribution in [2.45, 2.75) is 19.1 Å². The van der Waals surface area contributed by atoms with Crippen LogP contribution in [0.2, 0.25) is 0 Å². The molecule has 1 amide bonds. The molecule has 1 saturated heterocycles. The fourth-order valence-corrected chi connectivity index (χ4v) is 2.06. The highest BCUT2D eigenvalue weighted by atomic mass is 16.5. The highest BCUT2D eigenvalue weighted by Gasteiger charge is 2.27. The van der Waals surface area contributed by atoms with Gasteiger partial charge in [-0.3, -0.25) is 4.79 Å². The summed E-state index contributed by atoms with van der Waals surface area (Å²) >= 11 is 0. The average Bonchev–Trinajstić information content (AvgIpc) is 3.18. The van der Waals surface area contributed by atoms with Gasteiger partial charge in [0, 0.05) is 19.5 Å². The van der Waals surface area contributed by atoms with Gasteiger partial charge in [0.15, 0.2) is 0 Å². The molecule has 2 aromatic heterocycles. The fraction of sp³-hybridized carbons (Fsp3) is 0.600. The monoisotopic (exact) mass is 278 g/mol. The number of nitrogens with one attached hydrogen (secondary N) is 1. The lowest BCUT2D eigenvalue weighted by Gasteiger charge is -2.31. The lowest BCUT2D eigenvalue weighted by molar-refractivity contribution is -0.139. The van der Waals surface area contributed by atoms with Gasteiger partial charge in [0.1, 0.15) is 18.8 Å². The van der Waals surface area contributed by atoms with Crippen LogP contribution in [0.3, 0.4) is 0 Å². The molecule has 1 aliphatic heterocycles. The van der Waals surface area contributed by atoms with E-state index in [0.29, 0.717) is 38.5 Å². The highest BCUT2D eigenvalue weighted by molar-refractivity contribution is 5.76. The molecular formula is C10H14N8O2. The molecule has 2 aromatic rings. The first-order chi connectivity index (χ1) is 9.83. The normalized spacial score (nSPS) is 19.2. The third-order valence-corrected chi connectivity index (χ3v) is 3.12. The predicted molar refractivity (Wildman–Crippen MR) is 64.1 cm³/mol. The number of carbonyl (C=O) groups is 1. The minimum atomic E-state index is -0.318. The van der Waals surface area contributed by atoms with Crippen molar-refractivity contribution in [2.24, 2.45) is 0 Å². The van der Waals surface area contributed by atoms with Crippen molar-refractivity contribution in [2.75, 3.05) is 19.7 Å². The van der Waals surface area contributed by atoms with Gasteiger partial charge < -0.3 is 14.2 Å². The predicted octanol–water partition coefficient (Wildman–Crippen LogP) is -1.22. The Balaban J connectivity index is 1.55. The second-order valence-corrected chi connectivity index (χ2v) is 4.42. The van der Waals surface area contributed by atoms with Crippen LogP contribution in [0.25, 0.3) is 0 Å². The van der Waals surface area contributed by atoms with E-state index < -0.39 is 0 Å². The van der Waals surface area contributed by atoms with E-state index in [1.807, 2.05) is 0 Å². The number of rotatable bonds is 4. The lowest BCUT2D eigenvalue weighted by atomic mass is 10.2. The Hall–Kier alpha value is -2.36. The molecule has 1 unspecified atom stereocenters. The Morgan fingerprint density at radius 2 is 2.30 bits per heavy atom. The lowest BCUT2D eigenvalue weighted by Crippen LogP contribution is -2.42. The smallest absolute Gasteiger partial charge is 0.224 e. The zero-order chi connectivity index (χ0) is 13.8. The number of hydrogen-bond acceptors (Lipinski definition) is 7. The van der Waals surface area contributed by atoms with Crippen LogP contribution >= 0.6 is 0 Å². The zero-order valence-corrected chi connectivity index (χ0v) is 10.7. The summed E-state index contributed by atoms with van der Waals surface area (Å²) in [5.41, 5.74) is 0. The Bertz CT molecular complexity index is 540. The maximum Gasteiger partial charge on any atom is 0.224 e. The van der Waals surface area contributed by atoms with Crippen molar-refractivity contribution in [3.8, 4) is 0 Å². The standard InChI is InChI=1S/C10H14N8O2/c19-9(1-2-17-6-11-12-7-17)18-3-4-20-8(5-18)10-13-15-16-14-10/h6-8H,1-5H2,(H,13,14,15,16). The quantitative estimate of drug-likeness (QED) is 0.745. The van der Waals surface area contributed by atoms with Crippen molar-refractivity contribution >= 4 is 5.91 Å². The number of aromatic amines is 1. The molecule has 10 nitrogen and oxygen atoms in total. The van der Waals surface area contributed by atoms with Gasteiger partial charge in [0.25, 0.3) is 0 Å². The number of aromatic nitrogens is 7. The topological polar surface area (TPSA) is 115 Å². The molecule has 1 aliphatic rings. The zero-order valence-electron chi connectivity index (χ0n) is 10.7. The van der Waals surface area contributed by atoms with Gasteiger partial charge in [-0.1, -0.05) is 5.21 Å². The first-order valence-corrected chi connectivity index (χ1v) is 6.28. The number of nitrogens with zero attached hydrogens (tertiary/aromatic N) is 7. The molecule has 0 saturated carbocycles. The summed E-state index contributed by atoms with van der Waals surface area (Å²) < 4.78 is 7.32. The summed E-state index contributed by atoms with van der Waals surface area (Å²) in [6, 6.07) is 0. The first kappa shape index (κ1) is 12.7. The van der Waals surface area contributed by atoms with Crippen molar-refractivity contribution in [1.82, 2.24) is 40.3 Å². The highest BCUT2D eigenvalue weighted by Crippen LogP contribution is 2.18. The number of morpholine rings is 1. The van der Waals surface area contributed by atoms with E-state index in [9.17, 15) is 4.79 Å². The van der Waals surface area contributed by atoms with E-state index in [0.717, 1.165) is 0 Å². The van der Waals surface area contributed by atoms with Crippen LogP contribution in [-0.2, 0) is 16.1 Å². The molecule has 20 heavy (non-hydrogen) atoms. The summed E-state index contributed by atoms with van der Waals surface area (Å²) in [7, 11) is 0. The van der Waals surface area contributed by atoms with Gasteiger partial charge in [0.05, 0.1) is 13.2 Å². The Labute approximate surface area is 114 Å². The molecule has 1 atom stereocenters. The number of aryl methyl sites for hydroxylation is 1. The van der Waals surface area contributed by atoms with Crippen LogP contribution in [0.15, 0.2) is 12.7 Å². The number of tetrazole rings is 1. The minimum absolute atomic E-state index is 0.0653. The third kappa shape index (κ3) is 2.79. The van der Waals surface area contributed by atoms with Crippen LogP contribution in [0.4, 0.5) is 0 Å². The molecule has 3 rings (SSSR count). The van der Waals surface area contributed by atoms with Crippen molar-refractivity contribution in [3.05, 3.63) is 18.5 Å². The van der Waals surface area contributed by atoms with E-state index in [1.54, 1.807) is 22.1 Å². The van der Waals surface area contributed by atoms with Crippen molar-refractivity contribution < 1.29 is 9.53 Å². The van der Waals surface area contributed by atoms with E-state index in [1.165, 1.54) is 0 Å². The minimum Gasteiger partial charge on any atom is -0.366 e. The van der Waals surface area contributed by atoms with E-state index in [4.69, 9.17) is 4.74 Å². The van der Waals surface area contributed by atoms with E-state index >= 15 is 0 Å². The maximum absolute atomic E-state index is 12.2. The van der Waals surface area contributed by atoms with E-state index in [2.05, 4.69) is 30.8 Å². The molecular weight excluding hydrogens is 264 g/mol. The molecule has 0 aromatic carbocycles. The molecule has 0 radical (unpaired) electrons. The van der Waals surface area contributed by atoms with Crippen LogP contribution in [0.1, 0.15) is 18.3 Å². The number of amides is 1. The maximum atomic E-state index is 12.2. The summed E-state index contributed by atoms with van der Waals surface area (Å²) in [5.74, 6) is 0.539. The van der Waals surface area contributed by atoms with Gasteiger partial charge in [-0.2, -0.15) is 5.21 Å². The molecule has 3 heterocycles. The molecule has 0 spiro atoms. The third-order valence-electron chi connectivity index (χ3n) is 3.12. The molecule has 0 bridgehead atoms. The average molecular weight is 278 g/mol. The Morgan fingerprint density at radius 3 is 3.05 bits per heavy atom. The summed E-state index contributed by atoms with van der Waals surface area (Å²) in [6.45, 7) is 2.06. The fourth-order valence-electron chi connectivity index (χ4n) is 2.06. The van der Waals surface area contributed by atoms with Crippen LogP contribution in [0.5, 0.6) is 0 Å². The van der Waals surface area contributed by atoms with E-state index in [-0.39, 0.29) is 12.0 Å². The Morgan fingerprint density at radius 1 is 1.45 bits per heavy atom. The molecule has 10 heteroatoms. The van der Waals surface area contributed by atoms with Crippen molar-refractivity contribution in [3.63, 3.8) is 0 Å². The SMILES string of the molecule is O=C(CCn1cnnc1)N1CCOC(c2nn[nH]n2)C1. The van der Waals surface area contributed by atoms with Crippen LogP contribution in [0, 0.1) is 0 Å². The Kier molecular flexibility index (Phi) is 3.63. The molecule has 1 fully saturated rings.